The van der Waals surface area contributed by atoms with E-state index in [9.17, 15) is 13.2 Å². The van der Waals surface area contributed by atoms with Crippen molar-refractivity contribution in [3.63, 3.8) is 0 Å². The van der Waals surface area contributed by atoms with Gasteiger partial charge in [0.1, 0.15) is 5.82 Å². The Labute approximate surface area is 116 Å². The van der Waals surface area contributed by atoms with Crippen LogP contribution in [0.4, 0.5) is 0 Å². The van der Waals surface area contributed by atoms with E-state index in [0.717, 1.165) is 19.1 Å². The summed E-state index contributed by atoms with van der Waals surface area (Å²) < 4.78 is 25.8. The Hall–Kier alpha value is -1.76. The number of hydrogen-bond donors (Lipinski definition) is 0. The van der Waals surface area contributed by atoms with E-state index in [-0.39, 0.29) is 11.0 Å². The Balaban J connectivity index is 1.96. The normalized spacial score (nSPS) is 21.9. The summed E-state index contributed by atoms with van der Waals surface area (Å²) in [5.41, 5.74) is 1.14. The van der Waals surface area contributed by atoms with Crippen LogP contribution >= 0.6 is 0 Å². The van der Waals surface area contributed by atoms with Crippen molar-refractivity contribution in [2.45, 2.75) is 30.9 Å². The Morgan fingerprint density at radius 2 is 2.15 bits per heavy atom. The summed E-state index contributed by atoms with van der Waals surface area (Å²) in [6, 6.07) is 3.37. The number of aromatic nitrogens is 3. The van der Waals surface area contributed by atoms with Gasteiger partial charge in [0.05, 0.1) is 11.0 Å². The highest BCUT2D eigenvalue weighted by Crippen LogP contribution is 2.22. The van der Waals surface area contributed by atoms with Crippen molar-refractivity contribution in [2.24, 2.45) is 0 Å². The molecule has 1 saturated heterocycles. The van der Waals surface area contributed by atoms with Gasteiger partial charge in [-0.25, -0.2) is 8.42 Å². The lowest BCUT2D eigenvalue weighted by molar-refractivity contribution is 0.112. The first-order valence-corrected chi connectivity index (χ1v) is 8.32. The number of nitrogens with zero attached hydrogens (tertiary/aromatic N) is 3. The number of fused-ring (bicyclic) bond motifs is 1. The molecule has 3 rings (SSSR count). The van der Waals surface area contributed by atoms with Crippen LogP contribution in [-0.2, 0) is 16.3 Å². The molecule has 0 bridgehead atoms. The number of pyridine rings is 1. The van der Waals surface area contributed by atoms with E-state index < -0.39 is 9.84 Å². The third-order valence-electron chi connectivity index (χ3n) is 3.75. The molecule has 106 valence electrons. The van der Waals surface area contributed by atoms with Crippen LogP contribution in [-0.4, -0.2) is 40.3 Å². The van der Waals surface area contributed by atoms with Crippen LogP contribution < -0.4 is 0 Å². The molecule has 0 amide bonds. The van der Waals surface area contributed by atoms with Gasteiger partial charge >= 0.3 is 0 Å². The Kier molecular flexibility index (Phi) is 3.29. The van der Waals surface area contributed by atoms with Crippen LogP contribution in [0.5, 0.6) is 0 Å². The first-order chi connectivity index (χ1) is 9.60. The lowest BCUT2D eigenvalue weighted by Gasteiger charge is -2.21. The van der Waals surface area contributed by atoms with Gasteiger partial charge in [0.15, 0.2) is 21.8 Å². The third kappa shape index (κ3) is 2.33. The van der Waals surface area contributed by atoms with Crippen LogP contribution in [0.3, 0.4) is 0 Å². The van der Waals surface area contributed by atoms with Gasteiger partial charge in [-0.2, -0.15) is 0 Å². The molecule has 1 fully saturated rings. The molecule has 1 aliphatic heterocycles. The SMILES string of the molecule is O=Cc1ccc2nnc(CC3CCCCS3(=O)=O)n2c1. The van der Waals surface area contributed by atoms with Crippen molar-refractivity contribution < 1.29 is 13.2 Å². The maximum atomic E-state index is 12.1. The predicted molar refractivity (Wildman–Crippen MR) is 73.5 cm³/mol. The number of carbonyl (C=O) groups excluding carboxylic acids is 1. The molecule has 0 radical (unpaired) electrons. The van der Waals surface area contributed by atoms with Crippen LogP contribution in [0.15, 0.2) is 18.3 Å². The smallest absolute Gasteiger partial charge is 0.160 e. The standard InChI is InChI=1S/C13H15N3O3S/c17-9-10-4-5-12-14-15-13(16(12)8-10)7-11-3-1-2-6-20(11,18)19/h4-5,8-9,11H,1-3,6-7H2. The lowest BCUT2D eigenvalue weighted by atomic mass is 10.1. The molecule has 1 unspecified atom stereocenters. The number of rotatable bonds is 3. The van der Waals surface area contributed by atoms with E-state index in [2.05, 4.69) is 10.2 Å². The molecule has 0 aromatic carbocycles. The minimum absolute atomic E-state index is 0.258. The zero-order valence-corrected chi connectivity index (χ0v) is 11.7. The molecular weight excluding hydrogens is 278 g/mol. The number of aldehydes is 1. The van der Waals surface area contributed by atoms with Gasteiger partial charge < -0.3 is 0 Å². The summed E-state index contributed by atoms with van der Waals surface area (Å²) in [6.07, 6.45) is 5.10. The second-order valence-corrected chi connectivity index (χ2v) is 7.51. The molecule has 0 saturated carbocycles. The average Bonchev–Trinajstić information content (AvgIpc) is 2.83. The number of carbonyl (C=O) groups is 1. The maximum absolute atomic E-state index is 12.1. The van der Waals surface area contributed by atoms with Crippen molar-refractivity contribution in [3.05, 3.63) is 29.7 Å². The molecule has 0 aliphatic carbocycles. The highest BCUT2D eigenvalue weighted by Gasteiger charge is 2.30. The first kappa shape index (κ1) is 13.2. The van der Waals surface area contributed by atoms with E-state index in [1.54, 1.807) is 22.7 Å². The van der Waals surface area contributed by atoms with Gasteiger partial charge in [0, 0.05) is 18.2 Å². The van der Waals surface area contributed by atoms with Gasteiger partial charge in [-0.3, -0.25) is 9.20 Å². The predicted octanol–water partition coefficient (Wildman–Crippen LogP) is 1.05. The lowest BCUT2D eigenvalue weighted by Crippen LogP contribution is -2.30. The second kappa shape index (κ2) is 4.97. The molecule has 2 aromatic heterocycles. The highest BCUT2D eigenvalue weighted by molar-refractivity contribution is 7.92. The topological polar surface area (TPSA) is 81.4 Å². The summed E-state index contributed by atoms with van der Waals surface area (Å²) in [5.74, 6) is 0.854. The van der Waals surface area contributed by atoms with E-state index in [1.165, 1.54) is 0 Å². The van der Waals surface area contributed by atoms with E-state index in [4.69, 9.17) is 0 Å². The highest BCUT2D eigenvalue weighted by atomic mass is 32.2. The zero-order valence-electron chi connectivity index (χ0n) is 10.9. The van der Waals surface area contributed by atoms with Crippen molar-refractivity contribution in [1.82, 2.24) is 14.6 Å². The molecular formula is C13H15N3O3S. The van der Waals surface area contributed by atoms with Gasteiger partial charge in [-0.1, -0.05) is 6.42 Å². The van der Waals surface area contributed by atoms with Crippen molar-refractivity contribution in [3.8, 4) is 0 Å². The summed E-state index contributed by atoms with van der Waals surface area (Å²) in [6.45, 7) is 0. The Morgan fingerprint density at radius 1 is 1.30 bits per heavy atom. The monoisotopic (exact) mass is 293 g/mol. The Bertz CT molecular complexity index is 751. The average molecular weight is 293 g/mol. The number of sulfone groups is 1. The number of hydrogen-bond acceptors (Lipinski definition) is 5. The largest absolute Gasteiger partial charge is 0.298 e. The fourth-order valence-electron chi connectivity index (χ4n) is 2.62. The quantitative estimate of drug-likeness (QED) is 0.790. The summed E-state index contributed by atoms with van der Waals surface area (Å²) in [4.78, 5) is 10.8. The summed E-state index contributed by atoms with van der Waals surface area (Å²) in [5, 5.41) is 7.69. The molecule has 0 N–H and O–H groups in total. The minimum atomic E-state index is -3.03. The van der Waals surface area contributed by atoms with Crippen LogP contribution in [0.1, 0.15) is 35.4 Å². The van der Waals surface area contributed by atoms with E-state index in [1.807, 2.05) is 0 Å². The van der Waals surface area contributed by atoms with Crippen LogP contribution in [0.25, 0.3) is 5.65 Å². The van der Waals surface area contributed by atoms with Gasteiger partial charge in [0.25, 0.3) is 0 Å². The molecule has 7 heteroatoms. The molecule has 0 spiro atoms. The molecule has 20 heavy (non-hydrogen) atoms. The first-order valence-electron chi connectivity index (χ1n) is 6.60. The van der Waals surface area contributed by atoms with E-state index in [0.29, 0.717) is 29.9 Å². The third-order valence-corrected chi connectivity index (χ3v) is 6.03. The van der Waals surface area contributed by atoms with E-state index >= 15 is 0 Å². The maximum Gasteiger partial charge on any atom is 0.160 e. The molecule has 2 aromatic rings. The second-order valence-electron chi connectivity index (χ2n) is 5.11. The van der Waals surface area contributed by atoms with Crippen molar-refractivity contribution in [2.75, 3.05) is 5.75 Å². The fraction of sp³-hybridized carbons (Fsp3) is 0.462. The molecule has 1 aliphatic rings. The molecule has 3 heterocycles. The minimum Gasteiger partial charge on any atom is -0.298 e. The Morgan fingerprint density at radius 3 is 2.90 bits per heavy atom. The van der Waals surface area contributed by atoms with Crippen molar-refractivity contribution in [1.29, 1.82) is 0 Å². The summed E-state index contributed by atoms with van der Waals surface area (Å²) in [7, 11) is -3.03. The van der Waals surface area contributed by atoms with Crippen LogP contribution in [0, 0.1) is 0 Å². The van der Waals surface area contributed by atoms with Crippen molar-refractivity contribution >= 4 is 21.8 Å². The van der Waals surface area contributed by atoms with Gasteiger partial charge in [-0.15, -0.1) is 10.2 Å². The van der Waals surface area contributed by atoms with Gasteiger partial charge in [-0.05, 0) is 25.0 Å². The summed E-state index contributed by atoms with van der Waals surface area (Å²) >= 11 is 0. The van der Waals surface area contributed by atoms with Gasteiger partial charge in [0.2, 0.25) is 0 Å². The molecule has 1 atom stereocenters. The fourth-order valence-corrected chi connectivity index (χ4v) is 4.49. The molecule has 6 nitrogen and oxygen atoms in total. The zero-order chi connectivity index (χ0) is 14.2. The van der Waals surface area contributed by atoms with Crippen LogP contribution in [0.2, 0.25) is 0 Å².